The zero-order valence-corrected chi connectivity index (χ0v) is 20.3. The van der Waals surface area contributed by atoms with Crippen LogP contribution in [-0.2, 0) is 16.0 Å². The zero-order valence-electron chi connectivity index (χ0n) is 20.3. The Bertz CT molecular complexity index is 1240. The van der Waals surface area contributed by atoms with E-state index in [1.54, 1.807) is 55.6 Å². The molecule has 0 saturated carbocycles. The molecule has 6 nitrogen and oxygen atoms in total. The molecule has 35 heavy (non-hydrogen) atoms. The largest absolute Gasteiger partial charge is 0.507 e. The van der Waals surface area contributed by atoms with Crippen LogP contribution in [0.1, 0.15) is 43.5 Å². The van der Waals surface area contributed by atoms with Gasteiger partial charge >= 0.3 is 0 Å². The van der Waals surface area contributed by atoms with Gasteiger partial charge in [-0.3, -0.25) is 14.5 Å². The SMILES string of the molecule is CCc1ccc(C2/C(=C(\O)c3ccc(OC)cc3)C(=O)C(=O)N2c2ccc(OC(C)C)cc2)cc1. The average Bonchev–Trinajstić information content (AvgIpc) is 3.14. The second-order valence-electron chi connectivity index (χ2n) is 8.65. The molecule has 1 heterocycles. The van der Waals surface area contributed by atoms with Gasteiger partial charge in [0.25, 0.3) is 11.7 Å². The van der Waals surface area contributed by atoms with Crippen molar-refractivity contribution in [3.8, 4) is 11.5 Å². The van der Waals surface area contributed by atoms with E-state index < -0.39 is 17.7 Å². The van der Waals surface area contributed by atoms with Crippen LogP contribution in [0.2, 0.25) is 0 Å². The highest BCUT2D eigenvalue weighted by molar-refractivity contribution is 6.51. The van der Waals surface area contributed by atoms with E-state index >= 15 is 0 Å². The van der Waals surface area contributed by atoms with Gasteiger partial charge in [-0.05, 0) is 79.9 Å². The van der Waals surface area contributed by atoms with Gasteiger partial charge in [-0.25, -0.2) is 0 Å². The molecule has 1 unspecified atom stereocenters. The Morgan fingerprint density at radius 2 is 1.51 bits per heavy atom. The lowest BCUT2D eigenvalue weighted by Crippen LogP contribution is -2.29. The lowest BCUT2D eigenvalue weighted by atomic mass is 9.94. The summed E-state index contributed by atoms with van der Waals surface area (Å²) in [5.74, 6) is -0.356. The number of amides is 1. The normalized spacial score (nSPS) is 17.2. The number of ether oxygens (including phenoxy) is 2. The van der Waals surface area contributed by atoms with Gasteiger partial charge in [-0.1, -0.05) is 31.2 Å². The van der Waals surface area contributed by atoms with Crippen molar-refractivity contribution < 1.29 is 24.2 Å². The van der Waals surface area contributed by atoms with Crippen molar-refractivity contribution in [2.45, 2.75) is 39.3 Å². The van der Waals surface area contributed by atoms with Gasteiger partial charge in [0, 0.05) is 11.3 Å². The molecule has 0 radical (unpaired) electrons. The predicted molar refractivity (Wildman–Crippen MR) is 136 cm³/mol. The topological polar surface area (TPSA) is 76.1 Å². The molecule has 0 aliphatic carbocycles. The maximum absolute atomic E-state index is 13.3. The summed E-state index contributed by atoms with van der Waals surface area (Å²) in [6.45, 7) is 5.93. The van der Waals surface area contributed by atoms with Crippen molar-refractivity contribution in [3.05, 3.63) is 95.1 Å². The Balaban J connectivity index is 1.85. The first kappa shape index (κ1) is 24.1. The molecule has 4 rings (SSSR count). The minimum Gasteiger partial charge on any atom is -0.507 e. The highest BCUT2D eigenvalue weighted by Crippen LogP contribution is 2.42. The van der Waals surface area contributed by atoms with Gasteiger partial charge in [-0.15, -0.1) is 0 Å². The van der Waals surface area contributed by atoms with E-state index in [4.69, 9.17) is 9.47 Å². The van der Waals surface area contributed by atoms with Crippen LogP contribution in [0.3, 0.4) is 0 Å². The van der Waals surface area contributed by atoms with Crippen LogP contribution in [0.5, 0.6) is 11.5 Å². The number of anilines is 1. The number of Topliss-reactive ketones (excluding diaryl/α,β-unsaturated/α-hetero) is 1. The van der Waals surface area contributed by atoms with Crippen molar-refractivity contribution in [3.63, 3.8) is 0 Å². The summed E-state index contributed by atoms with van der Waals surface area (Å²) < 4.78 is 10.9. The van der Waals surface area contributed by atoms with Gasteiger partial charge in [0.15, 0.2) is 0 Å². The van der Waals surface area contributed by atoms with E-state index in [0.29, 0.717) is 22.7 Å². The van der Waals surface area contributed by atoms with E-state index in [2.05, 4.69) is 6.92 Å². The maximum Gasteiger partial charge on any atom is 0.300 e. The van der Waals surface area contributed by atoms with Gasteiger partial charge in [0.1, 0.15) is 17.3 Å². The summed E-state index contributed by atoms with van der Waals surface area (Å²) in [7, 11) is 1.55. The Hall–Kier alpha value is -4.06. The molecule has 1 aliphatic rings. The van der Waals surface area contributed by atoms with Gasteiger partial charge in [0.2, 0.25) is 0 Å². The number of hydrogen-bond acceptors (Lipinski definition) is 5. The van der Waals surface area contributed by atoms with Crippen LogP contribution in [0.15, 0.2) is 78.4 Å². The second-order valence-corrected chi connectivity index (χ2v) is 8.65. The molecule has 3 aromatic carbocycles. The first-order chi connectivity index (χ1) is 16.8. The molecule has 0 bridgehead atoms. The van der Waals surface area contributed by atoms with Crippen LogP contribution in [-0.4, -0.2) is 30.0 Å². The number of nitrogens with zero attached hydrogens (tertiary/aromatic N) is 1. The Morgan fingerprint density at radius 3 is 2.06 bits per heavy atom. The average molecular weight is 472 g/mol. The first-order valence-electron chi connectivity index (χ1n) is 11.6. The van der Waals surface area contributed by atoms with E-state index in [-0.39, 0.29) is 17.4 Å². The fourth-order valence-electron chi connectivity index (χ4n) is 4.21. The first-order valence-corrected chi connectivity index (χ1v) is 11.6. The second kappa shape index (κ2) is 10.1. The van der Waals surface area contributed by atoms with E-state index in [9.17, 15) is 14.7 Å². The molecule has 1 amide bonds. The molecule has 0 spiro atoms. The number of methoxy groups -OCH3 is 1. The Kier molecular flexibility index (Phi) is 6.92. The fraction of sp³-hybridized carbons (Fsp3) is 0.241. The summed E-state index contributed by atoms with van der Waals surface area (Å²) in [5, 5.41) is 11.2. The van der Waals surface area contributed by atoms with Crippen molar-refractivity contribution in [2.75, 3.05) is 12.0 Å². The number of aryl methyl sites for hydroxylation is 1. The molecule has 6 heteroatoms. The fourth-order valence-corrected chi connectivity index (χ4v) is 4.21. The molecule has 180 valence electrons. The van der Waals surface area contributed by atoms with Crippen molar-refractivity contribution in [2.24, 2.45) is 0 Å². The summed E-state index contributed by atoms with van der Waals surface area (Å²) in [6.07, 6.45) is 0.876. The number of rotatable bonds is 7. The quantitative estimate of drug-likeness (QED) is 0.273. The van der Waals surface area contributed by atoms with Crippen LogP contribution >= 0.6 is 0 Å². The smallest absolute Gasteiger partial charge is 0.300 e. The number of ketones is 1. The number of benzene rings is 3. The van der Waals surface area contributed by atoms with Crippen molar-refractivity contribution in [1.29, 1.82) is 0 Å². The molecule has 1 aliphatic heterocycles. The third-order valence-corrected chi connectivity index (χ3v) is 6.00. The van der Waals surface area contributed by atoms with Gasteiger partial charge in [0.05, 0.1) is 24.8 Å². The molecule has 1 fully saturated rings. The third kappa shape index (κ3) is 4.78. The van der Waals surface area contributed by atoms with Gasteiger partial charge in [-0.2, -0.15) is 0 Å². The third-order valence-electron chi connectivity index (χ3n) is 6.00. The number of carbonyl (C=O) groups is 2. The number of aliphatic hydroxyl groups is 1. The predicted octanol–water partition coefficient (Wildman–Crippen LogP) is 5.67. The maximum atomic E-state index is 13.3. The molecule has 3 aromatic rings. The van der Waals surface area contributed by atoms with Crippen LogP contribution < -0.4 is 14.4 Å². The van der Waals surface area contributed by atoms with Crippen LogP contribution in [0.4, 0.5) is 5.69 Å². The summed E-state index contributed by atoms with van der Waals surface area (Å²) in [5.41, 5.74) is 2.89. The summed E-state index contributed by atoms with van der Waals surface area (Å²) >= 11 is 0. The van der Waals surface area contributed by atoms with Crippen molar-refractivity contribution in [1.82, 2.24) is 0 Å². The van der Waals surface area contributed by atoms with Crippen LogP contribution in [0, 0.1) is 0 Å². The number of hydrogen-bond donors (Lipinski definition) is 1. The Labute approximate surface area is 205 Å². The standard InChI is InChI=1S/C29H29NO5/c1-5-19-6-8-20(9-7-19)26-25(27(31)21-10-14-23(34-4)15-11-21)28(32)29(33)30(26)22-12-16-24(17-13-22)35-18(2)3/h6-18,26,31H,5H2,1-4H3/b27-25+. The van der Waals surface area contributed by atoms with E-state index in [0.717, 1.165) is 17.5 Å². The molecule has 1 atom stereocenters. The van der Waals surface area contributed by atoms with Crippen LogP contribution in [0.25, 0.3) is 5.76 Å². The highest BCUT2D eigenvalue weighted by atomic mass is 16.5. The minimum atomic E-state index is -0.778. The van der Waals surface area contributed by atoms with E-state index in [1.807, 2.05) is 38.1 Å². The molecular weight excluding hydrogens is 442 g/mol. The molecular formula is C29H29NO5. The Morgan fingerprint density at radius 1 is 0.914 bits per heavy atom. The summed E-state index contributed by atoms with van der Waals surface area (Å²) in [4.78, 5) is 28.0. The monoisotopic (exact) mass is 471 g/mol. The molecule has 1 saturated heterocycles. The number of carbonyl (C=O) groups excluding carboxylic acids is 2. The summed E-state index contributed by atoms with van der Waals surface area (Å²) in [6, 6.07) is 20.8. The molecule has 0 aromatic heterocycles. The lowest BCUT2D eigenvalue weighted by molar-refractivity contribution is -0.132. The number of aliphatic hydroxyl groups excluding tert-OH is 1. The zero-order chi connectivity index (χ0) is 25.1. The minimum absolute atomic E-state index is 0.0108. The lowest BCUT2D eigenvalue weighted by Gasteiger charge is -2.26. The van der Waals surface area contributed by atoms with E-state index in [1.165, 1.54) is 4.90 Å². The molecule has 1 N–H and O–H groups in total. The van der Waals surface area contributed by atoms with Gasteiger partial charge < -0.3 is 14.6 Å². The highest BCUT2D eigenvalue weighted by Gasteiger charge is 2.47. The van der Waals surface area contributed by atoms with Crippen molar-refractivity contribution >= 4 is 23.1 Å².